The lowest BCUT2D eigenvalue weighted by atomic mass is 10.0. The summed E-state index contributed by atoms with van der Waals surface area (Å²) in [5.74, 6) is 0.184. The summed E-state index contributed by atoms with van der Waals surface area (Å²) in [5, 5.41) is 3.00. The van der Waals surface area contributed by atoms with Crippen molar-refractivity contribution < 1.29 is 4.79 Å². The van der Waals surface area contributed by atoms with Gasteiger partial charge in [-0.2, -0.15) is 0 Å². The topological polar surface area (TPSA) is 38.8 Å². The molecule has 118 valence electrons. The summed E-state index contributed by atoms with van der Waals surface area (Å²) >= 11 is 0. The highest BCUT2D eigenvalue weighted by atomic mass is 16.1. The molecule has 0 atom stereocenters. The molecule has 0 unspecified atom stereocenters. The Morgan fingerprint density at radius 1 is 1.20 bits per heavy atom. The summed E-state index contributed by atoms with van der Waals surface area (Å²) in [7, 11) is 8.43. The van der Waals surface area contributed by atoms with Gasteiger partial charge in [0.2, 0.25) is 5.91 Å². The first-order valence-electron chi connectivity index (χ1n) is 7.79. The largest absolute Gasteiger partial charge is 0.356 e. The number of carbonyl (C=O) groups excluding carboxylic acids is 1. The molecule has 5 heteroatoms. The van der Waals surface area contributed by atoms with Crippen LogP contribution in [0.1, 0.15) is 25.7 Å². The van der Waals surface area contributed by atoms with E-state index in [2.05, 4.69) is 48.2 Å². The van der Waals surface area contributed by atoms with Gasteiger partial charge in [0.05, 0.1) is 0 Å². The van der Waals surface area contributed by atoms with Crippen LogP contribution in [0.5, 0.6) is 0 Å². The highest BCUT2D eigenvalue weighted by molar-refractivity contribution is 5.75. The molecule has 0 saturated carbocycles. The minimum atomic E-state index is 0.184. The second-order valence-corrected chi connectivity index (χ2v) is 6.27. The Morgan fingerprint density at radius 3 is 2.45 bits per heavy atom. The number of hydrogen-bond acceptors (Lipinski definition) is 4. The van der Waals surface area contributed by atoms with Gasteiger partial charge in [0.15, 0.2) is 0 Å². The minimum Gasteiger partial charge on any atom is -0.356 e. The van der Waals surface area contributed by atoms with Gasteiger partial charge in [0.25, 0.3) is 0 Å². The van der Waals surface area contributed by atoms with Crippen LogP contribution in [0, 0.1) is 0 Å². The molecule has 1 aliphatic heterocycles. The van der Waals surface area contributed by atoms with Crippen molar-refractivity contribution in [3.63, 3.8) is 0 Å². The first-order chi connectivity index (χ1) is 9.49. The van der Waals surface area contributed by atoms with E-state index in [0.717, 1.165) is 26.1 Å². The molecule has 1 saturated heterocycles. The molecule has 20 heavy (non-hydrogen) atoms. The molecule has 5 nitrogen and oxygen atoms in total. The zero-order valence-corrected chi connectivity index (χ0v) is 13.7. The van der Waals surface area contributed by atoms with Crippen LogP contribution in [0.15, 0.2) is 0 Å². The molecule has 0 aromatic heterocycles. The van der Waals surface area contributed by atoms with E-state index in [9.17, 15) is 4.79 Å². The number of carbonyl (C=O) groups is 1. The molecule has 0 aromatic carbocycles. The van der Waals surface area contributed by atoms with Crippen molar-refractivity contribution in [1.82, 2.24) is 20.0 Å². The molecular formula is C15H32N4O. The molecule has 1 N–H and O–H groups in total. The Morgan fingerprint density at radius 2 is 1.85 bits per heavy atom. The van der Waals surface area contributed by atoms with Gasteiger partial charge in [0, 0.05) is 25.6 Å². The zero-order valence-electron chi connectivity index (χ0n) is 13.7. The predicted molar refractivity (Wildman–Crippen MR) is 83.9 cm³/mol. The van der Waals surface area contributed by atoms with E-state index in [-0.39, 0.29) is 5.91 Å². The Kier molecular flexibility index (Phi) is 8.11. The molecule has 0 aliphatic carbocycles. The van der Waals surface area contributed by atoms with Crippen molar-refractivity contribution >= 4 is 5.91 Å². The summed E-state index contributed by atoms with van der Waals surface area (Å²) in [5.41, 5.74) is 0. The summed E-state index contributed by atoms with van der Waals surface area (Å²) in [6.07, 6.45) is 4.07. The first-order valence-corrected chi connectivity index (χ1v) is 7.79. The van der Waals surface area contributed by atoms with Crippen molar-refractivity contribution in [3.8, 4) is 0 Å². The monoisotopic (exact) mass is 284 g/mol. The molecular weight excluding hydrogens is 252 g/mol. The molecule has 1 aliphatic rings. The highest BCUT2D eigenvalue weighted by Gasteiger charge is 2.20. The van der Waals surface area contributed by atoms with E-state index < -0.39 is 0 Å². The maximum absolute atomic E-state index is 11.8. The number of likely N-dealkylation sites (tertiary alicyclic amines) is 1. The standard InChI is InChI=1S/C15H32N4O/c1-17(2)10-5-9-16-15(20)8-13-19(4)14-6-11-18(3)12-7-14/h14H,5-13H2,1-4H3,(H,16,20). The lowest BCUT2D eigenvalue weighted by Gasteiger charge is -2.35. The molecule has 1 fully saturated rings. The summed E-state index contributed by atoms with van der Waals surface area (Å²) in [4.78, 5) is 18.6. The fourth-order valence-corrected chi connectivity index (χ4v) is 2.61. The third kappa shape index (κ3) is 7.22. The fraction of sp³-hybridized carbons (Fsp3) is 0.933. The quantitative estimate of drug-likeness (QED) is 0.658. The molecule has 0 spiro atoms. The molecule has 0 bridgehead atoms. The van der Waals surface area contributed by atoms with E-state index in [0.29, 0.717) is 12.5 Å². The Balaban J connectivity index is 2.08. The van der Waals surface area contributed by atoms with Gasteiger partial charge in [-0.25, -0.2) is 0 Å². The van der Waals surface area contributed by atoms with E-state index in [4.69, 9.17) is 0 Å². The zero-order chi connectivity index (χ0) is 15.0. The van der Waals surface area contributed by atoms with Crippen LogP contribution in [-0.2, 0) is 4.79 Å². The van der Waals surface area contributed by atoms with Gasteiger partial charge in [0.1, 0.15) is 0 Å². The average molecular weight is 284 g/mol. The maximum atomic E-state index is 11.8. The minimum absolute atomic E-state index is 0.184. The number of nitrogens with one attached hydrogen (secondary N) is 1. The Bertz CT molecular complexity index is 275. The second-order valence-electron chi connectivity index (χ2n) is 6.27. The van der Waals surface area contributed by atoms with Crippen molar-refractivity contribution in [2.45, 2.75) is 31.7 Å². The van der Waals surface area contributed by atoms with Crippen molar-refractivity contribution in [2.75, 3.05) is 60.9 Å². The predicted octanol–water partition coefficient (Wildman–Crippen LogP) is 0.470. The highest BCUT2D eigenvalue weighted by Crippen LogP contribution is 2.14. The molecule has 1 heterocycles. The van der Waals surface area contributed by atoms with E-state index in [1.807, 2.05) is 0 Å². The fourth-order valence-electron chi connectivity index (χ4n) is 2.61. The third-order valence-corrected chi connectivity index (χ3v) is 4.11. The SMILES string of the molecule is CN(C)CCCNC(=O)CCN(C)C1CCN(C)CC1. The van der Waals surface area contributed by atoms with Crippen LogP contribution >= 0.6 is 0 Å². The van der Waals surface area contributed by atoms with Gasteiger partial charge in [-0.05, 0) is 67.1 Å². The van der Waals surface area contributed by atoms with Crippen LogP contribution in [0.3, 0.4) is 0 Å². The Hall–Kier alpha value is -0.650. The van der Waals surface area contributed by atoms with Gasteiger partial charge >= 0.3 is 0 Å². The van der Waals surface area contributed by atoms with Crippen LogP contribution < -0.4 is 5.32 Å². The first kappa shape index (κ1) is 17.4. The smallest absolute Gasteiger partial charge is 0.221 e. The van der Waals surface area contributed by atoms with Gasteiger partial charge < -0.3 is 20.0 Å². The molecule has 0 aromatic rings. The number of rotatable bonds is 8. The van der Waals surface area contributed by atoms with Crippen LogP contribution in [0.4, 0.5) is 0 Å². The molecule has 0 radical (unpaired) electrons. The normalized spacial score (nSPS) is 17.9. The Labute approximate surface area is 124 Å². The third-order valence-electron chi connectivity index (χ3n) is 4.11. The van der Waals surface area contributed by atoms with Crippen molar-refractivity contribution in [3.05, 3.63) is 0 Å². The number of nitrogens with zero attached hydrogens (tertiary/aromatic N) is 3. The number of piperidine rings is 1. The second kappa shape index (κ2) is 9.32. The number of hydrogen-bond donors (Lipinski definition) is 1. The summed E-state index contributed by atoms with van der Waals surface area (Å²) < 4.78 is 0. The van der Waals surface area contributed by atoms with E-state index in [1.165, 1.54) is 25.9 Å². The summed E-state index contributed by atoms with van der Waals surface area (Å²) in [6, 6.07) is 0.646. The lowest BCUT2D eigenvalue weighted by Crippen LogP contribution is -2.43. The summed E-state index contributed by atoms with van der Waals surface area (Å²) in [6.45, 7) is 5.02. The van der Waals surface area contributed by atoms with Gasteiger partial charge in [-0.1, -0.05) is 0 Å². The van der Waals surface area contributed by atoms with Crippen LogP contribution in [-0.4, -0.2) is 87.6 Å². The van der Waals surface area contributed by atoms with Crippen LogP contribution in [0.2, 0.25) is 0 Å². The van der Waals surface area contributed by atoms with E-state index >= 15 is 0 Å². The van der Waals surface area contributed by atoms with Gasteiger partial charge in [-0.3, -0.25) is 4.79 Å². The van der Waals surface area contributed by atoms with Crippen LogP contribution in [0.25, 0.3) is 0 Å². The molecule has 1 rings (SSSR count). The van der Waals surface area contributed by atoms with Crippen molar-refractivity contribution in [1.29, 1.82) is 0 Å². The van der Waals surface area contributed by atoms with Crippen molar-refractivity contribution in [2.24, 2.45) is 0 Å². The average Bonchev–Trinajstić information content (AvgIpc) is 2.41. The molecule has 1 amide bonds. The van der Waals surface area contributed by atoms with E-state index in [1.54, 1.807) is 0 Å². The lowest BCUT2D eigenvalue weighted by molar-refractivity contribution is -0.121. The maximum Gasteiger partial charge on any atom is 0.221 e. The number of amides is 1. The van der Waals surface area contributed by atoms with Gasteiger partial charge in [-0.15, -0.1) is 0 Å².